The Hall–Kier alpha value is -1.06. The fourth-order valence-corrected chi connectivity index (χ4v) is 2.19. The summed E-state index contributed by atoms with van der Waals surface area (Å²) in [5.41, 5.74) is 1.26. The van der Waals surface area contributed by atoms with Crippen molar-refractivity contribution in [2.75, 3.05) is 13.2 Å². The van der Waals surface area contributed by atoms with Crippen LogP contribution < -0.4 is 5.32 Å². The number of benzene rings is 1. The van der Waals surface area contributed by atoms with E-state index in [0.29, 0.717) is 11.7 Å². The van der Waals surface area contributed by atoms with Gasteiger partial charge >= 0.3 is 0 Å². The molecule has 1 heterocycles. The normalized spacial score (nSPS) is 26.5. The van der Waals surface area contributed by atoms with Crippen LogP contribution in [0.1, 0.15) is 24.3 Å². The first-order valence-electron chi connectivity index (χ1n) is 5.43. The summed E-state index contributed by atoms with van der Waals surface area (Å²) >= 11 is 0. The maximum Gasteiger partial charge on any atom is 0.115 e. The van der Waals surface area contributed by atoms with Crippen molar-refractivity contribution in [1.82, 2.24) is 5.32 Å². The molecule has 0 radical (unpaired) electrons. The van der Waals surface area contributed by atoms with Crippen LogP contribution in [0.3, 0.4) is 0 Å². The van der Waals surface area contributed by atoms with E-state index in [1.807, 2.05) is 12.1 Å². The molecule has 0 aliphatic carbocycles. The van der Waals surface area contributed by atoms with Gasteiger partial charge in [-0.15, -0.1) is 0 Å². The molecule has 1 aromatic carbocycles. The number of hydrogen-bond donors (Lipinski definition) is 3. The largest absolute Gasteiger partial charge is 0.508 e. The summed E-state index contributed by atoms with van der Waals surface area (Å²) in [6, 6.07) is 7.62. The topological polar surface area (TPSA) is 52.5 Å². The molecule has 0 aromatic heterocycles. The lowest BCUT2D eigenvalue weighted by atomic mass is 9.87. The summed E-state index contributed by atoms with van der Waals surface area (Å²) in [6.45, 7) is 1.16. The van der Waals surface area contributed by atoms with Crippen LogP contribution in [0.4, 0.5) is 0 Å². The minimum atomic E-state index is 0.203. The maximum atomic E-state index is 9.20. The standard InChI is InChI=1S/C12H17NO2/c14-8-11-7-10(5-6-13-11)9-1-3-12(15)4-2-9/h1-4,10-11,13-15H,5-8H2. The summed E-state index contributed by atoms with van der Waals surface area (Å²) < 4.78 is 0. The third-order valence-corrected chi connectivity index (χ3v) is 3.08. The van der Waals surface area contributed by atoms with Gasteiger partial charge in [-0.3, -0.25) is 0 Å². The molecule has 2 rings (SSSR count). The predicted molar refractivity (Wildman–Crippen MR) is 59.0 cm³/mol. The molecule has 82 valence electrons. The summed E-state index contributed by atoms with van der Waals surface area (Å²) in [6.07, 6.45) is 2.07. The zero-order chi connectivity index (χ0) is 10.7. The third-order valence-electron chi connectivity index (χ3n) is 3.08. The molecular formula is C12H17NO2. The Bertz CT molecular complexity index is 310. The summed E-state index contributed by atoms with van der Waals surface area (Å²) in [4.78, 5) is 0. The fraction of sp³-hybridized carbons (Fsp3) is 0.500. The van der Waals surface area contributed by atoms with Gasteiger partial charge in [-0.25, -0.2) is 0 Å². The maximum absolute atomic E-state index is 9.20. The van der Waals surface area contributed by atoms with Crippen molar-refractivity contribution in [3.05, 3.63) is 29.8 Å². The van der Waals surface area contributed by atoms with Crippen molar-refractivity contribution in [2.45, 2.75) is 24.8 Å². The molecule has 3 N–H and O–H groups in total. The first-order chi connectivity index (χ1) is 7.29. The lowest BCUT2D eigenvalue weighted by Gasteiger charge is -2.29. The van der Waals surface area contributed by atoms with Crippen LogP contribution in [0.25, 0.3) is 0 Å². The minimum absolute atomic E-state index is 0.203. The molecule has 1 aliphatic rings. The van der Waals surface area contributed by atoms with E-state index in [1.54, 1.807) is 12.1 Å². The molecule has 1 aromatic rings. The highest BCUT2D eigenvalue weighted by Gasteiger charge is 2.21. The molecule has 0 spiro atoms. The summed E-state index contributed by atoms with van der Waals surface area (Å²) in [7, 11) is 0. The second kappa shape index (κ2) is 4.64. The Labute approximate surface area is 89.8 Å². The van der Waals surface area contributed by atoms with Gasteiger partial charge in [-0.05, 0) is 43.0 Å². The molecular weight excluding hydrogens is 190 g/mol. The van der Waals surface area contributed by atoms with Gasteiger partial charge in [0.05, 0.1) is 6.61 Å². The van der Waals surface area contributed by atoms with Crippen molar-refractivity contribution >= 4 is 0 Å². The predicted octanol–water partition coefficient (Wildman–Crippen LogP) is 1.22. The van der Waals surface area contributed by atoms with E-state index < -0.39 is 0 Å². The van der Waals surface area contributed by atoms with E-state index in [4.69, 9.17) is 5.11 Å². The van der Waals surface area contributed by atoms with E-state index >= 15 is 0 Å². The van der Waals surface area contributed by atoms with Gasteiger partial charge in [0.2, 0.25) is 0 Å². The summed E-state index contributed by atoms with van der Waals surface area (Å²) in [5, 5.41) is 21.6. The van der Waals surface area contributed by atoms with E-state index in [2.05, 4.69) is 5.32 Å². The molecule has 0 amide bonds. The monoisotopic (exact) mass is 207 g/mol. The second-order valence-electron chi connectivity index (χ2n) is 4.15. The lowest BCUT2D eigenvalue weighted by Crippen LogP contribution is -2.39. The molecule has 3 nitrogen and oxygen atoms in total. The Morgan fingerprint density at radius 3 is 2.67 bits per heavy atom. The lowest BCUT2D eigenvalue weighted by molar-refractivity contribution is 0.210. The second-order valence-corrected chi connectivity index (χ2v) is 4.15. The number of aliphatic hydroxyl groups is 1. The van der Waals surface area contributed by atoms with Crippen LogP contribution in [0.2, 0.25) is 0 Å². The Balaban J connectivity index is 2.06. The Morgan fingerprint density at radius 2 is 2.00 bits per heavy atom. The van der Waals surface area contributed by atoms with E-state index in [1.165, 1.54) is 5.56 Å². The number of rotatable bonds is 2. The molecule has 1 saturated heterocycles. The summed E-state index contributed by atoms with van der Waals surface area (Å²) in [5.74, 6) is 0.815. The first kappa shape index (κ1) is 10.5. The Kier molecular flexibility index (Phi) is 3.23. The highest BCUT2D eigenvalue weighted by atomic mass is 16.3. The average molecular weight is 207 g/mol. The first-order valence-corrected chi connectivity index (χ1v) is 5.43. The van der Waals surface area contributed by atoms with Gasteiger partial charge in [-0.2, -0.15) is 0 Å². The zero-order valence-electron chi connectivity index (χ0n) is 8.69. The van der Waals surface area contributed by atoms with E-state index in [9.17, 15) is 5.11 Å². The van der Waals surface area contributed by atoms with Gasteiger partial charge in [0.1, 0.15) is 5.75 Å². The molecule has 0 bridgehead atoms. The number of phenolic OH excluding ortho intramolecular Hbond substituents is 1. The SMILES string of the molecule is OCC1CC(c2ccc(O)cc2)CCN1. The van der Waals surface area contributed by atoms with Crippen molar-refractivity contribution in [2.24, 2.45) is 0 Å². The van der Waals surface area contributed by atoms with Gasteiger partial charge in [0, 0.05) is 6.04 Å². The van der Waals surface area contributed by atoms with Crippen LogP contribution in [0.15, 0.2) is 24.3 Å². The molecule has 1 aliphatic heterocycles. The van der Waals surface area contributed by atoms with Crippen molar-refractivity contribution in [3.63, 3.8) is 0 Å². The van der Waals surface area contributed by atoms with Gasteiger partial charge in [0.25, 0.3) is 0 Å². The number of nitrogens with one attached hydrogen (secondary N) is 1. The highest BCUT2D eigenvalue weighted by Crippen LogP contribution is 2.28. The van der Waals surface area contributed by atoms with Crippen molar-refractivity contribution < 1.29 is 10.2 Å². The third kappa shape index (κ3) is 2.49. The quantitative estimate of drug-likeness (QED) is 0.683. The van der Waals surface area contributed by atoms with Crippen LogP contribution in [-0.2, 0) is 0 Å². The molecule has 2 unspecified atom stereocenters. The van der Waals surface area contributed by atoms with Gasteiger partial charge in [0.15, 0.2) is 0 Å². The minimum Gasteiger partial charge on any atom is -0.508 e. The highest BCUT2D eigenvalue weighted by molar-refractivity contribution is 5.28. The molecule has 1 fully saturated rings. The van der Waals surface area contributed by atoms with Crippen LogP contribution in [0, 0.1) is 0 Å². The number of phenols is 1. The average Bonchev–Trinajstić information content (AvgIpc) is 2.30. The molecule has 15 heavy (non-hydrogen) atoms. The number of aromatic hydroxyl groups is 1. The zero-order valence-corrected chi connectivity index (χ0v) is 8.69. The van der Waals surface area contributed by atoms with Crippen molar-refractivity contribution in [3.8, 4) is 5.75 Å². The van der Waals surface area contributed by atoms with Crippen LogP contribution >= 0.6 is 0 Å². The smallest absolute Gasteiger partial charge is 0.115 e. The van der Waals surface area contributed by atoms with Gasteiger partial charge in [-0.1, -0.05) is 12.1 Å². The molecule has 3 heteroatoms. The molecule has 0 saturated carbocycles. The van der Waals surface area contributed by atoms with E-state index in [-0.39, 0.29) is 12.6 Å². The number of hydrogen-bond acceptors (Lipinski definition) is 3. The van der Waals surface area contributed by atoms with Crippen LogP contribution in [0.5, 0.6) is 5.75 Å². The van der Waals surface area contributed by atoms with E-state index in [0.717, 1.165) is 19.4 Å². The Morgan fingerprint density at radius 1 is 1.27 bits per heavy atom. The number of aliphatic hydroxyl groups excluding tert-OH is 1. The fourth-order valence-electron chi connectivity index (χ4n) is 2.19. The van der Waals surface area contributed by atoms with Crippen LogP contribution in [-0.4, -0.2) is 29.4 Å². The molecule has 2 atom stereocenters. The number of piperidine rings is 1. The van der Waals surface area contributed by atoms with Crippen molar-refractivity contribution in [1.29, 1.82) is 0 Å². The van der Waals surface area contributed by atoms with Gasteiger partial charge < -0.3 is 15.5 Å².